The van der Waals surface area contributed by atoms with Gasteiger partial charge < -0.3 is 20.4 Å². The molecule has 0 atom stereocenters. The van der Waals surface area contributed by atoms with E-state index >= 15 is 0 Å². The van der Waals surface area contributed by atoms with Gasteiger partial charge >= 0.3 is 17.9 Å². The molecule has 17 heavy (non-hydrogen) atoms. The first-order chi connectivity index (χ1) is 7.84. The van der Waals surface area contributed by atoms with Gasteiger partial charge in [-0.15, -0.1) is 0 Å². The Balaban J connectivity index is 4.88. The normalized spacial score (nSPS) is 11.1. The average molecular weight is 252 g/mol. The van der Waals surface area contributed by atoms with Crippen molar-refractivity contribution in [3.63, 3.8) is 0 Å². The van der Waals surface area contributed by atoms with Crippen molar-refractivity contribution in [1.29, 1.82) is 0 Å². The van der Waals surface area contributed by atoms with E-state index in [9.17, 15) is 14.4 Å². The van der Waals surface area contributed by atoms with Crippen LogP contribution >= 0.6 is 0 Å². The van der Waals surface area contributed by atoms with Crippen LogP contribution in [-0.2, 0) is 24.2 Å². The second-order valence-corrected chi connectivity index (χ2v) is 3.07. The number of hydrogen-bond acceptors (Lipinski definition) is 6. The predicted molar refractivity (Wildman–Crippen MR) is 49.0 cm³/mol. The van der Waals surface area contributed by atoms with Crippen molar-refractivity contribution in [3.05, 3.63) is 0 Å². The van der Waals surface area contributed by atoms with Gasteiger partial charge in [-0.2, -0.15) is 0 Å². The number of carboxylic acid groups (broad SMARTS) is 3. The molecule has 0 aliphatic rings. The number of carboxylic acids is 3. The molecule has 0 saturated carbocycles. The monoisotopic (exact) mass is 252 g/mol. The Kier molecular flexibility index (Phi) is 6.10. The van der Waals surface area contributed by atoms with Crippen molar-refractivity contribution >= 4 is 17.9 Å². The van der Waals surface area contributed by atoms with Crippen LogP contribution < -0.4 is 0 Å². The largest absolute Gasteiger partial charge is 0.481 e. The molecule has 0 aliphatic heterocycles. The quantitative estimate of drug-likeness (QED) is 0.223. The van der Waals surface area contributed by atoms with Crippen LogP contribution in [-0.4, -0.2) is 57.1 Å². The smallest absolute Gasteiger partial charge is 0.340 e. The van der Waals surface area contributed by atoms with Crippen LogP contribution in [0.3, 0.4) is 0 Å². The van der Waals surface area contributed by atoms with E-state index in [0.717, 1.165) is 0 Å². The molecule has 0 aromatic heterocycles. The lowest BCUT2D eigenvalue weighted by atomic mass is 9.96. The van der Waals surface area contributed by atoms with Crippen molar-refractivity contribution in [2.75, 3.05) is 13.2 Å². The van der Waals surface area contributed by atoms with Gasteiger partial charge in [0.15, 0.2) is 0 Å². The molecule has 0 fully saturated rings. The molecule has 0 saturated heterocycles. The first kappa shape index (κ1) is 15.3. The van der Waals surface area contributed by atoms with Gasteiger partial charge in [0.2, 0.25) is 5.60 Å². The maximum Gasteiger partial charge on any atom is 0.340 e. The molecule has 0 radical (unpaired) electrons. The Morgan fingerprint density at radius 1 is 1.00 bits per heavy atom. The minimum atomic E-state index is -2.52. The van der Waals surface area contributed by atoms with E-state index in [-0.39, 0.29) is 0 Å². The molecule has 0 aromatic carbocycles. The number of aliphatic hydroxyl groups is 1. The molecule has 4 N–H and O–H groups in total. The molecule has 98 valence electrons. The summed E-state index contributed by atoms with van der Waals surface area (Å²) in [5, 5.41) is 34.3. The zero-order valence-electron chi connectivity index (χ0n) is 8.66. The predicted octanol–water partition coefficient (Wildman–Crippen LogP) is -1.30. The first-order valence-electron chi connectivity index (χ1n) is 4.42. The van der Waals surface area contributed by atoms with E-state index in [1.165, 1.54) is 0 Å². The van der Waals surface area contributed by atoms with Crippen LogP contribution in [0.2, 0.25) is 0 Å². The van der Waals surface area contributed by atoms with Crippen LogP contribution in [0.25, 0.3) is 0 Å². The highest BCUT2D eigenvalue weighted by molar-refractivity contribution is 5.88. The lowest BCUT2D eigenvalue weighted by Gasteiger charge is -2.24. The van der Waals surface area contributed by atoms with Gasteiger partial charge in [0.25, 0.3) is 0 Å². The van der Waals surface area contributed by atoms with Gasteiger partial charge in [-0.25, -0.2) is 14.6 Å². The van der Waals surface area contributed by atoms with Gasteiger partial charge in [-0.3, -0.25) is 9.59 Å². The molecule has 9 heteroatoms. The lowest BCUT2D eigenvalue weighted by molar-refractivity contribution is -0.356. The molecular formula is C8H12O9. The molecule has 0 bridgehead atoms. The third-order valence-corrected chi connectivity index (χ3v) is 1.66. The topological polar surface area (TPSA) is 151 Å². The molecule has 0 heterocycles. The van der Waals surface area contributed by atoms with Crippen molar-refractivity contribution in [3.8, 4) is 0 Å². The standard InChI is InChI=1S/C8H12O9/c9-1-2-16-17-8(7(14)15,3-5(10)11)4-6(12)13/h9H,1-4H2,(H,10,11)(H,12,13)(H,14,15). The highest BCUT2D eigenvalue weighted by Crippen LogP contribution is 2.22. The SMILES string of the molecule is O=C(O)CC(CC(=O)O)(OOCCO)C(=O)O. The number of carbonyl (C=O) groups is 3. The second-order valence-electron chi connectivity index (χ2n) is 3.07. The van der Waals surface area contributed by atoms with Crippen LogP contribution in [0.15, 0.2) is 0 Å². The first-order valence-corrected chi connectivity index (χ1v) is 4.42. The summed E-state index contributed by atoms with van der Waals surface area (Å²) in [4.78, 5) is 40.5. The highest BCUT2D eigenvalue weighted by Gasteiger charge is 2.46. The highest BCUT2D eigenvalue weighted by atomic mass is 17.2. The van der Waals surface area contributed by atoms with Gasteiger partial charge in [0, 0.05) is 0 Å². The maximum absolute atomic E-state index is 10.9. The number of rotatable bonds is 9. The molecule has 0 aromatic rings. The summed E-state index contributed by atoms with van der Waals surface area (Å²) < 4.78 is 0. The fourth-order valence-corrected chi connectivity index (χ4v) is 0.989. The Hall–Kier alpha value is -1.71. The fraction of sp³-hybridized carbons (Fsp3) is 0.625. The second kappa shape index (κ2) is 6.78. The third-order valence-electron chi connectivity index (χ3n) is 1.66. The molecule has 0 aliphatic carbocycles. The summed E-state index contributed by atoms with van der Waals surface area (Å²) in [6, 6.07) is 0. The third kappa shape index (κ3) is 5.24. The molecule has 0 rings (SSSR count). The van der Waals surface area contributed by atoms with Crippen molar-refractivity contribution < 1.29 is 44.6 Å². The minimum Gasteiger partial charge on any atom is -0.481 e. The Bertz CT molecular complexity index is 281. The van der Waals surface area contributed by atoms with Gasteiger partial charge in [-0.1, -0.05) is 0 Å². The van der Waals surface area contributed by atoms with E-state index in [4.69, 9.17) is 20.4 Å². The van der Waals surface area contributed by atoms with Crippen molar-refractivity contribution in [1.82, 2.24) is 0 Å². The van der Waals surface area contributed by atoms with Gasteiger partial charge in [0.1, 0.15) is 6.61 Å². The van der Waals surface area contributed by atoms with E-state index in [1.54, 1.807) is 0 Å². The fourth-order valence-electron chi connectivity index (χ4n) is 0.989. The van der Waals surface area contributed by atoms with Gasteiger partial charge in [-0.05, 0) is 0 Å². The maximum atomic E-state index is 10.9. The summed E-state index contributed by atoms with van der Waals surface area (Å²) >= 11 is 0. The zero-order valence-corrected chi connectivity index (χ0v) is 8.66. The number of aliphatic carboxylic acids is 3. The Labute approximate surface area is 95.1 Å². The van der Waals surface area contributed by atoms with Crippen LogP contribution in [0.4, 0.5) is 0 Å². The summed E-state index contributed by atoms with van der Waals surface area (Å²) in [5.41, 5.74) is -2.52. The molecule has 0 unspecified atom stereocenters. The van der Waals surface area contributed by atoms with E-state index in [0.29, 0.717) is 0 Å². The van der Waals surface area contributed by atoms with Crippen LogP contribution in [0.5, 0.6) is 0 Å². The molecular weight excluding hydrogens is 240 g/mol. The number of aliphatic hydroxyl groups excluding tert-OH is 1. The average Bonchev–Trinajstić information content (AvgIpc) is 2.15. The van der Waals surface area contributed by atoms with Crippen molar-refractivity contribution in [2.45, 2.75) is 18.4 Å². The Morgan fingerprint density at radius 2 is 1.47 bits per heavy atom. The Morgan fingerprint density at radius 3 is 1.76 bits per heavy atom. The molecule has 0 spiro atoms. The molecule has 0 amide bonds. The van der Waals surface area contributed by atoms with E-state index < -0.39 is 49.6 Å². The zero-order chi connectivity index (χ0) is 13.5. The minimum absolute atomic E-state index is 0.408. The summed E-state index contributed by atoms with van der Waals surface area (Å²) in [5.74, 6) is -4.89. The summed E-state index contributed by atoms with van der Waals surface area (Å²) in [6.07, 6.45) is -2.17. The summed E-state index contributed by atoms with van der Waals surface area (Å²) in [7, 11) is 0. The van der Waals surface area contributed by atoms with Crippen LogP contribution in [0.1, 0.15) is 12.8 Å². The van der Waals surface area contributed by atoms with Gasteiger partial charge in [0.05, 0.1) is 19.4 Å². The van der Waals surface area contributed by atoms with E-state index in [1.807, 2.05) is 0 Å². The summed E-state index contributed by atoms with van der Waals surface area (Å²) in [6.45, 7) is -0.899. The van der Waals surface area contributed by atoms with Crippen molar-refractivity contribution in [2.24, 2.45) is 0 Å². The van der Waals surface area contributed by atoms with E-state index in [2.05, 4.69) is 9.78 Å². The lowest BCUT2D eigenvalue weighted by Crippen LogP contribution is -2.45. The van der Waals surface area contributed by atoms with Crippen LogP contribution in [0, 0.1) is 0 Å². The molecule has 9 nitrogen and oxygen atoms in total. The number of hydrogen-bond donors (Lipinski definition) is 4.